The molecule has 1 saturated heterocycles. The molecule has 3 aromatic rings. The third kappa shape index (κ3) is 4.96. The first-order valence-electron chi connectivity index (χ1n) is 10.6. The fourth-order valence-electron chi connectivity index (χ4n) is 3.81. The lowest BCUT2D eigenvalue weighted by atomic mass is 10.1. The quantitative estimate of drug-likeness (QED) is 0.574. The highest BCUT2D eigenvalue weighted by atomic mass is 32.2. The first-order chi connectivity index (χ1) is 15.4. The van der Waals surface area contributed by atoms with Crippen molar-refractivity contribution in [1.29, 1.82) is 0 Å². The van der Waals surface area contributed by atoms with Crippen molar-refractivity contribution < 1.29 is 13.2 Å². The molecule has 1 aliphatic rings. The van der Waals surface area contributed by atoms with Crippen LogP contribution in [0.5, 0.6) is 0 Å². The number of aromatic nitrogens is 2. The monoisotopic (exact) mass is 450 g/mol. The second-order valence-electron chi connectivity index (χ2n) is 7.84. The number of sulfone groups is 1. The molecule has 2 heterocycles. The Morgan fingerprint density at radius 1 is 0.875 bits per heavy atom. The Morgan fingerprint density at radius 2 is 1.56 bits per heavy atom. The number of carbonyl (C=O) groups is 1. The summed E-state index contributed by atoms with van der Waals surface area (Å²) < 4.78 is 24.8. The van der Waals surface area contributed by atoms with Gasteiger partial charge < -0.3 is 9.80 Å². The van der Waals surface area contributed by atoms with E-state index in [0.717, 1.165) is 22.6 Å². The Morgan fingerprint density at radius 3 is 2.22 bits per heavy atom. The normalized spacial score (nSPS) is 14.4. The molecule has 32 heavy (non-hydrogen) atoms. The van der Waals surface area contributed by atoms with E-state index in [2.05, 4.69) is 15.1 Å². The van der Waals surface area contributed by atoms with Gasteiger partial charge in [0, 0.05) is 38.2 Å². The predicted molar refractivity (Wildman–Crippen MR) is 124 cm³/mol. The van der Waals surface area contributed by atoms with Gasteiger partial charge in [0.05, 0.1) is 16.3 Å². The SMILES string of the molecule is Cc1ccccc1-c1ccc(N2CCN(C(=O)CCS(=O)(=O)c3ccccc3)CC2)nn1. The molecule has 0 radical (unpaired) electrons. The smallest absolute Gasteiger partial charge is 0.223 e. The average molecular weight is 451 g/mol. The van der Waals surface area contributed by atoms with Gasteiger partial charge >= 0.3 is 0 Å². The molecule has 1 amide bonds. The first-order valence-corrected chi connectivity index (χ1v) is 12.3. The van der Waals surface area contributed by atoms with Crippen LogP contribution in [0.15, 0.2) is 71.6 Å². The van der Waals surface area contributed by atoms with Gasteiger partial charge in [-0.2, -0.15) is 0 Å². The molecule has 166 valence electrons. The highest BCUT2D eigenvalue weighted by Crippen LogP contribution is 2.22. The number of piperazine rings is 1. The summed E-state index contributed by atoms with van der Waals surface area (Å²) in [4.78, 5) is 16.6. The number of benzene rings is 2. The second-order valence-corrected chi connectivity index (χ2v) is 9.95. The predicted octanol–water partition coefficient (Wildman–Crippen LogP) is 2.96. The maximum absolute atomic E-state index is 12.6. The summed E-state index contributed by atoms with van der Waals surface area (Å²) in [6.45, 7) is 4.38. The fourth-order valence-corrected chi connectivity index (χ4v) is 5.06. The standard InChI is InChI=1S/C24H26N4O3S/c1-19-7-5-6-10-21(19)22-11-12-23(26-25-22)27-14-16-28(17-15-27)24(29)13-18-32(30,31)20-8-3-2-4-9-20/h2-12H,13-18H2,1H3. The van der Waals surface area contributed by atoms with Crippen molar-refractivity contribution in [2.45, 2.75) is 18.2 Å². The lowest BCUT2D eigenvalue weighted by Crippen LogP contribution is -2.49. The van der Waals surface area contributed by atoms with Crippen LogP contribution < -0.4 is 4.90 Å². The summed E-state index contributed by atoms with van der Waals surface area (Å²) in [6.07, 6.45) is -0.0117. The van der Waals surface area contributed by atoms with Crippen molar-refractivity contribution in [3.63, 3.8) is 0 Å². The van der Waals surface area contributed by atoms with E-state index in [-0.39, 0.29) is 23.0 Å². The zero-order chi connectivity index (χ0) is 22.6. The van der Waals surface area contributed by atoms with E-state index in [0.29, 0.717) is 26.2 Å². The van der Waals surface area contributed by atoms with E-state index in [1.165, 1.54) is 0 Å². The van der Waals surface area contributed by atoms with Crippen molar-refractivity contribution in [1.82, 2.24) is 15.1 Å². The molecular weight excluding hydrogens is 424 g/mol. The maximum Gasteiger partial charge on any atom is 0.223 e. The van der Waals surface area contributed by atoms with Crippen LogP contribution in [0.25, 0.3) is 11.3 Å². The van der Waals surface area contributed by atoms with Crippen molar-refractivity contribution in [2.75, 3.05) is 36.8 Å². The molecule has 7 nitrogen and oxygen atoms in total. The van der Waals surface area contributed by atoms with Gasteiger partial charge in [-0.25, -0.2) is 8.42 Å². The number of hydrogen-bond acceptors (Lipinski definition) is 6. The van der Waals surface area contributed by atoms with Crippen molar-refractivity contribution in [3.8, 4) is 11.3 Å². The number of carbonyl (C=O) groups excluding carboxylic acids is 1. The van der Waals surface area contributed by atoms with E-state index < -0.39 is 9.84 Å². The molecule has 1 fully saturated rings. The van der Waals surface area contributed by atoms with Crippen LogP contribution in [0, 0.1) is 6.92 Å². The first kappa shape index (κ1) is 22.0. The van der Waals surface area contributed by atoms with Gasteiger partial charge in [0.25, 0.3) is 0 Å². The van der Waals surface area contributed by atoms with Gasteiger partial charge in [0.15, 0.2) is 15.7 Å². The molecule has 0 atom stereocenters. The second kappa shape index (κ2) is 9.48. The van der Waals surface area contributed by atoms with Gasteiger partial charge in [-0.1, -0.05) is 42.5 Å². The van der Waals surface area contributed by atoms with Gasteiger partial charge in [-0.3, -0.25) is 4.79 Å². The molecule has 0 saturated carbocycles. The van der Waals surface area contributed by atoms with Gasteiger partial charge in [-0.15, -0.1) is 10.2 Å². The molecule has 8 heteroatoms. The maximum atomic E-state index is 12.6. The molecule has 0 spiro atoms. The van der Waals surface area contributed by atoms with Crippen LogP contribution in [0.1, 0.15) is 12.0 Å². The number of anilines is 1. The molecule has 2 aromatic carbocycles. The van der Waals surface area contributed by atoms with Crippen LogP contribution in [-0.2, 0) is 14.6 Å². The summed E-state index contributed by atoms with van der Waals surface area (Å²) in [5.74, 6) is 0.466. The van der Waals surface area contributed by atoms with E-state index in [1.807, 2.05) is 43.3 Å². The Bertz CT molecular complexity index is 1170. The number of amides is 1. The molecule has 1 aliphatic heterocycles. The number of rotatable bonds is 6. The van der Waals surface area contributed by atoms with Crippen molar-refractivity contribution >= 4 is 21.6 Å². The summed E-state index contributed by atoms with van der Waals surface area (Å²) in [5, 5.41) is 8.77. The van der Waals surface area contributed by atoms with E-state index in [1.54, 1.807) is 35.2 Å². The molecule has 0 aliphatic carbocycles. The largest absolute Gasteiger partial charge is 0.352 e. The molecular formula is C24H26N4O3S. The molecule has 0 N–H and O–H groups in total. The van der Waals surface area contributed by atoms with Gasteiger partial charge in [0.2, 0.25) is 5.91 Å². The van der Waals surface area contributed by atoms with Crippen LogP contribution >= 0.6 is 0 Å². The molecule has 4 rings (SSSR count). The minimum absolute atomic E-state index is 0.0117. The van der Waals surface area contributed by atoms with E-state index >= 15 is 0 Å². The highest BCUT2D eigenvalue weighted by Gasteiger charge is 2.24. The van der Waals surface area contributed by atoms with Crippen molar-refractivity contribution in [2.24, 2.45) is 0 Å². The zero-order valence-electron chi connectivity index (χ0n) is 18.0. The van der Waals surface area contributed by atoms with Gasteiger partial charge in [0.1, 0.15) is 0 Å². The van der Waals surface area contributed by atoms with Crippen LogP contribution in [0.2, 0.25) is 0 Å². The summed E-state index contributed by atoms with van der Waals surface area (Å²) in [7, 11) is -3.45. The lowest BCUT2D eigenvalue weighted by molar-refractivity contribution is -0.131. The Labute approximate surface area is 188 Å². The molecule has 0 bridgehead atoms. The third-order valence-corrected chi connectivity index (χ3v) is 7.45. The van der Waals surface area contributed by atoms with Crippen LogP contribution in [-0.4, -0.2) is 61.4 Å². The zero-order valence-corrected chi connectivity index (χ0v) is 18.8. The average Bonchev–Trinajstić information content (AvgIpc) is 2.84. The topological polar surface area (TPSA) is 83.5 Å². The van der Waals surface area contributed by atoms with E-state index in [9.17, 15) is 13.2 Å². The number of aryl methyl sites for hydroxylation is 1. The minimum atomic E-state index is -3.45. The lowest BCUT2D eigenvalue weighted by Gasteiger charge is -2.35. The Kier molecular flexibility index (Phi) is 6.50. The third-order valence-electron chi connectivity index (χ3n) is 5.71. The summed E-state index contributed by atoms with van der Waals surface area (Å²) in [6, 6.07) is 20.2. The van der Waals surface area contributed by atoms with E-state index in [4.69, 9.17) is 0 Å². The van der Waals surface area contributed by atoms with Crippen LogP contribution in [0.3, 0.4) is 0 Å². The number of nitrogens with zero attached hydrogens (tertiary/aromatic N) is 4. The van der Waals surface area contributed by atoms with Crippen molar-refractivity contribution in [3.05, 3.63) is 72.3 Å². The molecule has 1 aromatic heterocycles. The summed E-state index contributed by atoms with van der Waals surface area (Å²) in [5.41, 5.74) is 3.05. The van der Waals surface area contributed by atoms with Gasteiger partial charge in [-0.05, 0) is 36.8 Å². The Hall–Kier alpha value is -3.26. The highest BCUT2D eigenvalue weighted by molar-refractivity contribution is 7.91. The number of hydrogen-bond donors (Lipinski definition) is 0. The van der Waals surface area contributed by atoms with Crippen LogP contribution in [0.4, 0.5) is 5.82 Å². The molecule has 0 unspecified atom stereocenters. The summed E-state index contributed by atoms with van der Waals surface area (Å²) >= 11 is 0. The minimum Gasteiger partial charge on any atom is -0.352 e. The Balaban J connectivity index is 1.31. The fraction of sp³-hybridized carbons (Fsp3) is 0.292.